The van der Waals surface area contributed by atoms with Crippen LogP contribution in [0.25, 0.3) is 0 Å². The summed E-state index contributed by atoms with van der Waals surface area (Å²) in [6, 6.07) is 0. The Hall–Kier alpha value is -1.35. The van der Waals surface area contributed by atoms with Gasteiger partial charge in [0, 0.05) is 31.7 Å². The van der Waals surface area contributed by atoms with Gasteiger partial charge in [-0.2, -0.15) is 13.2 Å². The van der Waals surface area contributed by atoms with Gasteiger partial charge in [-0.05, 0) is 26.7 Å². The van der Waals surface area contributed by atoms with E-state index in [0.717, 1.165) is 42.7 Å². The average Bonchev–Trinajstić information content (AvgIpc) is 2.97. The molecule has 0 aliphatic carbocycles. The third kappa shape index (κ3) is 8.17. The highest BCUT2D eigenvalue weighted by Crippen LogP contribution is 2.30. The van der Waals surface area contributed by atoms with Crippen LogP contribution >= 0.6 is 11.3 Å². The lowest BCUT2D eigenvalue weighted by Crippen LogP contribution is -2.37. The van der Waals surface area contributed by atoms with E-state index >= 15 is 0 Å². The fourth-order valence-electron chi connectivity index (χ4n) is 1.68. The smallest absolute Gasteiger partial charge is 0.382 e. The number of aromatic nitrogens is 1. The van der Waals surface area contributed by atoms with E-state index in [1.54, 1.807) is 0 Å². The minimum absolute atomic E-state index is 0.120. The number of thiazole rings is 1. The third-order valence-corrected chi connectivity index (χ3v) is 3.60. The largest absolute Gasteiger partial charge is 0.434 e. The van der Waals surface area contributed by atoms with Gasteiger partial charge >= 0.3 is 6.18 Å². The van der Waals surface area contributed by atoms with E-state index in [2.05, 4.69) is 20.6 Å². The van der Waals surface area contributed by atoms with Crippen molar-refractivity contribution in [1.29, 1.82) is 0 Å². The summed E-state index contributed by atoms with van der Waals surface area (Å²) in [5, 5.41) is 7.55. The van der Waals surface area contributed by atoms with Crippen molar-refractivity contribution in [2.75, 3.05) is 26.3 Å². The highest BCUT2D eigenvalue weighted by atomic mass is 32.1. The molecule has 0 spiro atoms. The first-order chi connectivity index (χ1) is 11.0. The molecule has 0 fully saturated rings. The first-order valence-corrected chi connectivity index (χ1v) is 8.46. The number of hydrogen-bond acceptors (Lipinski definition) is 4. The number of aliphatic imine (C=N–C) groups is 1. The van der Waals surface area contributed by atoms with Crippen molar-refractivity contribution < 1.29 is 17.9 Å². The van der Waals surface area contributed by atoms with Crippen LogP contribution < -0.4 is 10.6 Å². The molecule has 1 heterocycles. The predicted molar refractivity (Wildman–Crippen MR) is 85.7 cm³/mol. The van der Waals surface area contributed by atoms with Gasteiger partial charge in [-0.15, -0.1) is 11.3 Å². The molecule has 1 aromatic rings. The van der Waals surface area contributed by atoms with Crippen LogP contribution in [0.4, 0.5) is 13.2 Å². The minimum Gasteiger partial charge on any atom is -0.382 e. The highest BCUT2D eigenvalue weighted by Gasteiger charge is 2.33. The zero-order valence-corrected chi connectivity index (χ0v) is 14.2. The molecule has 0 aromatic carbocycles. The first-order valence-electron chi connectivity index (χ1n) is 7.58. The van der Waals surface area contributed by atoms with E-state index < -0.39 is 11.9 Å². The Kier molecular flexibility index (Phi) is 8.93. The molecule has 0 atom stereocenters. The van der Waals surface area contributed by atoms with Gasteiger partial charge in [0.15, 0.2) is 11.7 Å². The fourth-order valence-corrected chi connectivity index (χ4v) is 2.41. The lowest BCUT2D eigenvalue weighted by Gasteiger charge is -2.10. The zero-order valence-electron chi connectivity index (χ0n) is 13.4. The van der Waals surface area contributed by atoms with Gasteiger partial charge in [-0.25, -0.2) is 9.98 Å². The molecule has 1 aromatic heterocycles. The molecule has 23 heavy (non-hydrogen) atoms. The van der Waals surface area contributed by atoms with Crippen LogP contribution in [0.15, 0.2) is 10.4 Å². The van der Waals surface area contributed by atoms with Crippen molar-refractivity contribution >= 4 is 17.3 Å². The number of rotatable bonds is 9. The molecule has 0 aliphatic heterocycles. The van der Waals surface area contributed by atoms with Crippen LogP contribution in [0.1, 0.15) is 37.4 Å². The van der Waals surface area contributed by atoms with Gasteiger partial charge in [-0.1, -0.05) is 0 Å². The van der Waals surface area contributed by atoms with Crippen molar-refractivity contribution in [2.45, 2.75) is 39.4 Å². The fraction of sp³-hybridized carbons (Fsp3) is 0.714. The number of guanidine groups is 1. The second-order valence-electron chi connectivity index (χ2n) is 4.65. The Bertz CT molecular complexity index is 477. The van der Waals surface area contributed by atoms with Crippen LogP contribution in [0.3, 0.4) is 0 Å². The summed E-state index contributed by atoms with van der Waals surface area (Å²) in [6.45, 7) is 6.85. The number of nitrogens with one attached hydrogen (secondary N) is 2. The molecule has 9 heteroatoms. The molecular formula is C14H23F3N4OS. The molecule has 1 rings (SSSR count). The summed E-state index contributed by atoms with van der Waals surface area (Å²) < 4.78 is 42.7. The normalized spacial score (nSPS) is 12.5. The van der Waals surface area contributed by atoms with Crippen LogP contribution in [0, 0.1) is 0 Å². The van der Waals surface area contributed by atoms with Crippen molar-refractivity contribution in [3.8, 4) is 0 Å². The van der Waals surface area contributed by atoms with Crippen LogP contribution in [0.2, 0.25) is 0 Å². The van der Waals surface area contributed by atoms with Gasteiger partial charge in [0.2, 0.25) is 0 Å². The van der Waals surface area contributed by atoms with Gasteiger partial charge < -0.3 is 15.4 Å². The maximum absolute atomic E-state index is 12.5. The van der Waals surface area contributed by atoms with Crippen molar-refractivity contribution in [2.24, 2.45) is 4.99 Å². The number of hydrogen-bond donors (Lipinski definition) is 2. The molecule has 0 radical (unpaired) electrons. The van der Waals surface area contributed by atoms with Gasteiger partial charge in [0.25, 0.3) is 0 Å². The van der Waals surface area contributed by atoms with Crippen molar-refractivity contribution in [3.05, 3.63) is 16.1 Å². The summed E-state index contributed by atoms with van der Waals surface area (Å²) in [7, 11) is 0. The quantitative estimate of drug-likeness (QED) is 0.407. The molecule has 0 saturated heterocycles. The Morgan fingerprint density at radius 1 is 1.30 bits per heavy atom. The molecule has 0 amide bonds. The number of unbranched alkanes of at least 4 members (excludes halogenated alkanes) is 1. The Labute approximate surface area is 138 Å². The van der Waals surface area contributed by atoms with E-state index in [9.17, 15) is 13.2 Å². The minimum atomic E-state index is -4.40. The lowest BCUT2D eigenvalue weighted by atomic mass is 10.3. The van der Waals surface area contributed by atoms with E-state index in [-0.39, 0.29) is 6.54 Å². The molecule has 5 nitrogen and oxygen atoms in total. The Morgan fingerprint density at radius 3 is 2.70 bits per heavy atom. The van der Waals surface area contributed by atoms with Crippen LogP contribution in [-0.4, -0.2) is 37.2 Å². The molecule has 132 valence electrons. The second kappa shape index (κ2) is 10.4. The van der Waals surface area contributed by atoms with E-state index in [4.69, 9.17) is 4.74 Å². The van der Waals surface area contributed by atoms with Crippen molar-refractivity contribution in [3.63, 3.8) is 0 Å². The van der Waals surface area contributed by atoms with Gasteiger partial charge in [0.05, 0.1) is 6.54 Å². The number of nitrogens with zero attached hydrogens (tertiary/aromatic N) is 2. The Balaban J connectivity index is 2.43. The third-order valence-electron chi connectivity index (χ3n) is 2.77. The number of alkyl halides is 3. The van der Waals surface area contributed by atoms with E-state index in [1.165, 1.54) is 0 Å². The number of ether oxygens (including phenoxy) is 1. The maximum atomic E-state index is 12.5. The number of halogens is 3. The van der Waals surface area contributed by atoms with Crippen molar-refractivity contribution in [1.82, 2.24) is 15.6 Å². The molecule has 0 bridgehead atoms. The molecule has 0 saturated carbocycles. The molecular weight excluding hydrogens is 329 g/mol. The zero-order chi connectivity index (χ0) is 17.1. The average molecular weight is 352 g/mol. The Morgan fingerprint density at radius 2 is 2.09 bits per heavy atom. The summed E-state index contributed by atoms with van der Waals surface area (Å²) in [6.07, 6.45) is -2.52. The summed E-state index contributed by atoms with van der Waals surface area (Å²) in [5.41, 5.74) is -0.860. The topological polar surface area (TPSA) is 58.5 Å². The van der Waals surface area contributed by atoms with Gasteiger partial charge in [0.1, 0.15) is 5.01 Å². The SMILES string of the molecule is CCNC(=NCc1nc(C(F)(F)F)cs1)NCCCCOCC. The maximum Gasteiger partial charge on any atom is 0.434 e. The van der Waals surface area contributed by atoms with E-state index in [0.29, 0.717) is 24.1 Å². The van der Waals surface area contributed by atoms with Crippen LogP contribution in [-0.2, 0) is 17.5 Å². The molecule has 2 N–H and O–H groups in total. The van der Waals surface area contributed by atoms with E-state index in [1.807, 2.05) is 13.8 Å². The lowest BCUT2D eigenvalue weighted by molar-refractivity contribution is -0.140. The standard InChI is InChI=1S/C14H23F3N4OS/c1-3-18-13(19-7-5-6-8-22-4-2)20-9-12-21-11(10-23-12)14(15,16)17/h10H,3-9H2,1-2H3,(H2,18,19,20). The summed E-state index contributed by atoms with van der Waals surface area (Å²) >= 11 is 0.964. The predicted octanol–water partition coefficient (Wildman–Crippen LogP) is 3.03. The van der Waals surface area contributed by atoms with Gasteiger partial charge in [-0.3, -0.25) is 0 Å². The summed E-state index contributed by atoms with van der Waals surface area (Å²) in [4.78, 5) is 7.81. The van der Waals surface area contributed by atoms with Crippen LogP contribution in [0.5, 0.6) is 0 Å². The summed E-state index contributed by atoms with van der Waals surface area (Å²) in [5.74, 6) is 0.577. The second-order valence-corrected chi connectivity index (χ2v) is 5.59. The monoisotopic (exact) mass is 352 g/mol. The molecule has 0 aliphatic rings. The highest BCUT2D eigenvalue weighted by molar-refractivity contribution is 7.09. The first kappa shape index (κ1) is 19.7. The molecule has 0 unspecified atom stereocenters.